The molecule has 1 heterocycles. The molecule has 0 spiro atoms. The number of hydrogen-bond acceptors (Lipinski definition) is 3. The number of nitrogens with zero attached hydrogens (tertiary/aromatic N) is 1. The summed E-state index contributed by atoms with van der Waals surface area (Å²) in [5, 5.41) is 0. The molecule has 0 bridgehead atoms. The van der Waals surface area contributed by atoms with Crippen LogP contribution in [0.25, 0.3) is 5.76 Å². The van der Waals surface area contributed by atoms with Crippen molar-refractivity contribution in [2.45, 2.75) is 13.5 Å². The maximum absolute atomic E-state index is 11.6. The molecule has 0 aliphatic rings. The van der Waals surface area contributed by atoms with Crippen LogP contribution in [0.1, 0.15) is 18.1 Å². The predicted molar refractivity (Wildman–Crippen MR) is 79.8 cm³/mol. The highest BCUT2D eigenvalue weighted by molar-refractivity contribution is 7.11. The van der Waals surface area contributed by atoms with Gasteiger partial charge in [0.05, 0.1) is 13.2 Å². The predicted octanol–water partition coefficient (Wildman–Crippen LogP) is 3.62. The number of hydrogen-bond donors (Lipinski definition) is 0. The molecule has 0 radical (unpaired) electrons. The van der Waals surface area contributed by atoms with E-state index in [1.807, 2.05) is 31.2 Å². The summed E-state index contributed by atoms with van der Waals surface area (Å²) in [4.78, 5) is 11.6. The molecular weight excluding hydrogens is 282 g/mol. The normalized spacial score (nSPS) is 10.4. The lowest BCUT2D eigenvalue weighted by atomic mass is 10.1. The van der Waals surface area contributed by atoms with Crippen molar-refractivity contribution in [3.8, 4) is 0 Å². The van der Waals surface area contributed by atoms with E-state index in [0.717, 1.165) is 11.1 Å². The van der Waals surface area contributed by atoms with Gasteiger partial charge in [-0.2, -0.15) is 0 Å². The summed E-state index contributed by atoms with van der Waals surface area (Å²) < 4.78 is 7.50. The number of ether oxygens (including phenoxy) is 1. The minimum atomic E-state index is -0.0796. The Labute approximate surface area is 120 Å². The molecule has 1 aromatic heterocycles. The first-order chi connectivity index (χ1) is 9.10. The molecule has 0 amide bonds. The van der Waals surface area contributed by atoms with Gasteiger partial charge >= 0.3 is 0 Å². The van der Waals surface area contributed by atoms with E-state index in [1.54, 1.807) is 3.96 Å². The van der Waals surface area contributed by atoms with E-state index < -0.39 is 0 Å². The summed E-state index contributed by atoms with van der Waals surface area (Å²) >= 11 is 7.07. The van der Waals surface area contributed by atoms with Crippen LogP contribution in [0.3, 0.4) is 0 Å². The van der Waals surface area contributed by atoms with Crippen LogP contribution >= 0.6 is 23.1 Å². The van der Waals surface area contributed by atoms with Crippen molar-refractivity contribution in [3.63, 3.8) is 0 Å². The summed E-state index contributed by atoms with van der Waals surface area (Å²) in [5.74, 6) is 0.640. The fourth-order valence-electron chi connectivity index (χ4n) is 1.72. The smallest absolute Gasteiger partial charge is 0.262 e. The van der Waals surface area contributed by atoms with Gasteiger partial charge in [-0.3, -0.25) is 8.75 Å². The molecule has 0 unspecified atom stereocenters. The van der Waals surface area contributed by atoms with Crippen molar-refractivity contribution in [1.82, 2.24) is 3.96 Å². The summed E-state index contributed by atoms with van der Waals surface area (Å²) in [7, 11) is 0. The van der Waals surface area contributed by atoms with Gasteiger partial charge in [-0.25, -0.2) is 0 Å². The average molecular weight is 296 g/mol. The highest BCUT2D eigenvalue weighted by Crippen LogP contribution is 2.18. The van der Waals surface area contributed by atoms with E-state index in [0.29, 0.717) is 23.2 Å². The summed E-state index contributed by atoms with van der Waals surface area (Å²) in [6, 6.07) is 9.22. The highest BCUT2D eigenvalue weighted by Gasteiger charge is 2.05. The van der Waals surface area contributed by atoms with E-state index in [9.17, 15) is 4.79 Å². The summed E-state index contributed by atoms with van der Waals surface area (Å²) in [6.45, 7) is 6.88. The lowest BCUT2D eigenvalue weighted by Crippen LogP contribution is -2.12. The van der Waals surface area contributed by atoms with Crippen LogP contribution in [0.5, 0.6) is 0 Å². The molecule has 0 fully saturated rings. The van der Waals surface area contributed by atoms with Crippen LogP contribution in [-0.2, 0) is 11.3 Å². The van der Waals surface area contributed by atoms with Gasteiger partial charge in [-0.15, -0.1) is 0 Å². The third-order valence-electron chi connectivity index (χ3n) is 2.57. The van der Waals surface area contributed by atoms with Crippen LogP contribution in [0.4, 0.5) is 0 Å². The topological polar surface area (TPSA) is 31.2 Å². The third kappa shape index (κ3) is 3.49. The number of rotatable bonds is 5. The van der Waals surface area contributed by atoms with Gasteiger partial charge in [-0.1, -0.05) is 36.4 Å². The standard InChI is InChI=1S/C14H14ClNO2S/c1-3-18-10(2)12-6-4-5-11(7-12)9-16-14(17)8-13(15)19-16/h4-8H,2-3,9H2,1H3. The molecule has 0 atom stereocenters. The van der Waals surface area contributed by atoms with E-state index in [1.165, 1.54) is 17.6 Å². The highest BCUT2D eigenvalue weighted by atomic mass is 35.5. The van der Waals surface area contributed by atoms with Crippen molar-refractivity contribution >= 4 is 28.9 Å². The zero-order valence-electron chi connectivity index (χ0n) is 10.6. The Morgan fingerprint density at radius 3 is 2.89 bits per heavy atom. The summed E-state index contributed by atoms with van der Waals surface area (Å²) in [5.41, 5.74) is 1.86. The molecule has 0 aliphatic heterocycles. The minimum absolute atomic E-state index is 0.0796. The number of benzene rings is 1. The fraction of sp³-hybridized carbons (Fsp3) is 0.214. The Morgan fingerprint density at radius 1 is 1.47 bits per heavy atom. The molecule has 19 heavy (non-hydrogen) atoms. The van der Waals surface area contributed by atoms with Gasteiger partial charge in [-0.05, 0) is 30.1 Å². The van der Waals surface area contributed by atoms with Crippen LogP contribution in [0.15, 0.2) is 41.7 Å². The maximum atomic E-state index is 11.6. The second-order valence-corrected chi connectivity index (χ2v) is 5.67. The van der Waals surface area contributed by atoms with Crippen molar-refractivity contribution in [3.05, 3.63) is 62.7 Å². The van der Waals surface area contributed by atoms with E-state index in [2.05, 4.69) is 6.58 Å². The van der Waals surface area contributed by atoms with Crippen molar-refractivity contribution in [1.29, 1.82) is 0 Å². The monoisotopic (exact) mass is 295 g/mol. The first-order valence-electron chi connectivity index (χ1n) is 5.88. The Hall–Kier alpha value is -1.52. The van der Waals surface area contributed by atoms with E-state index >= 15 is 0 Å². The maximum Gasteiger partial charge on any atom is 0.262 e. The first kappa shape index (κ1) is 13.9. The lowest BCUT2D eigenvalue weighted by molar-refractivity contribution is 0.299. The lowest BCUT2D eigenvalue weighted by Gasteiger charge is -2.08. The molecule has 2 aromatic rings. The fourth-order valence-corrected chi connectivity index (χ4v) is 2.79. The molecule has 100 valence electrons. The van der Waals surface area contributed by atoms with Crippen LogP contribution in [0.2, 0.25) is 4.34 Å². The van der Waals surface area contributed by atoms with Crippen molar-refractivity contribution in [2.24, 2.45) is 0 Å². The Bertz CT molecular complexity index is 645. The van der Waals surface area contributed by atoms with E-state index in [4.69, 9.17) is 16.3 Å². The molecule has 0 aliphatic carbocycles. The molecule has 5 heteroatoms. The quantitative estimate of drug-likeness (QED) is 0.789. The largest absolute Gasteiger partial charge is 0.494 e. The van der Waals surface area contributed by atoms with Crippen LogP contribution in [0, 0.1) is 0 Å². The van der Waals surface area contributed by atoms with Crippen molar-refractivity contribution in [2.75, 3.05) is 6.61 Å². The zero-order chi connectivity index (χ0) is 13.8. The van der Waals surface area contributed by atoms with Gasteiger partial charge < -0.3 is 4.74 Å². The van der Waals surface area contributed by atoms with Crippen LogP contribution in [-0.4, -0.2) is 10.6 Å². The third-order valence-corrected chi connectivity index (χ3v) is 3.71. The van der Waals surface area contributed by atoms with Crippen LogP contribution < -0.4 is 5.56 Å². The van der Waals surface area contributed by atoms with Gasteiger partial charge in [0, 0.05) is 11.6 Å². The SMILES string of the molecule is C=C(OCC)c1cccc(Cn2sc(Cl)cc2=O)c1. The number of halogens is 1. The first-order valence-corrected chi connectivity index (χ1v) is 7.03. The second-order valence-electron chi connectivity index (χ2n) is 3.97. The van der Waals surface area contributed by atoms with Crippen molar-refractivity contribution < 1.29 is 4.74 Å². The van der Waals surface area contributed by atoms with E-state index in [-0.39, 0.29) is 5.56 Å². The van der Waals surface area contributed by atoms with Gasteiger partial charge in [0.15, 0.2) is 0 Å². The second kappa shape index (κ2) is 6.08. The van der Waals surface area contributed by atoms with Gasteiger partial charge in [0.2, 0.25) is 0 Å². The van der Waals surface area contributed by atoms with Gasteiger partial charge in [0.1, 0.15) is 10.1 Å². The Balaban J connectivity index is 2.22. The zero-order valence-corrected chi connectivity index (χ0v) is 12.1. The molecule has 0 saturated heterocycles. The molecule has 0 saturated carbocycles. The molecule has 1 aromatic carbocycles. The Morgan fingerprint density at radius 2 is 2.26 bits per heavy atom. The summed E-state index contributed by atoms with van der Waals surface area (Å²) in [6.07, 6.45) is 0. The Kier molecular flexibility index (Phi) is 4.45. The molecule has 2 rings (SSSR count). The minimum Gasteiger partial charge on any atom is -0.494 e. The average Bonchev–Trinajstić information content (AvgIpc) is 2.68. The molecule has 0 N–H and O–H groups in total. The van der Waals surface area contributed by atoms with Gasteiger partial charge in [0.25, 0.3) is 5.56 Å². The molecular formula is C14H14ClNO2S. The number of aromatic nitrogens is 1. The molecule has 3 nitrogen and oxygen atoms in total.